The average molecular weight is 1720 g/mol. The molecule has 664 valence electrons. The van der Waals surface area contributed by atoms with Crippen LogP contribution in [0.4, 0.5) is 21.0 Å². The van der Waals surface area contributed by atoms with Gasteiger partial charge < -0.3 is 119 Å². The quantitative estimate of drug-likeness (QED) is 0.0211. The van der Waals surface area contributed by atoms with Gasteiger partial charge in [0, 0.05) is 107 Å². The van der Waals surface area contributed by atoms with Gasteiger partial charge in [-0.1, -0.05) is 44.2 Å². The molecule has 0 radical (unpaired) electrons. The maximum Gasteiger partial charge on any atom is 0.356 e. The first kappa shape index (κ1) is 102. The molecule has 0 spiro atoms. The average Bonchev–Trinajstić information content (AvgIpc) is 1.69. The number of para-hydroxylation sites is 1. The highest BCUT2D eigenvalue weighted by Gasteiger charge is 2.43. The molecule has 1 aliphatic heterocycles. The molecule has 43 heteroatoms. The van der Waals surface area contributed by atoms with E-state index in [9.17, 15) is 106 Å². The van der Waals surface area contributed by atoms with Gasteiger partial charge in [-0.2, -0.15) is 0 Å². The Labute approximate surface area is 693 Å². The van der Waals surface area contributed by atoms with Gasteiger partial charge in [0.1, 0.15) is 36.0 Å². The second-order valence-corrected chi connectivity index (χ2v) is 32.4. The van der Waals surface area contributed by atoms with Crippen LogP contribution in [0.15, 0.2) is 48.5 Å². The van der Waals surface area contributed by atoms with Crippen molar-refractivity contribution in [3.63, 3.8) is 0 Å². The van der Waals surface area contributed by atoms with Crippen molar-refractivity contribution < 1.29 is 125 Å². The summed E-state index contributed by atoms with van der Waals surface area (Å²) in [6.45, 7) is 6.70. The number of unbranched alkanes of at least 4 members (excludes halogenated alkanes) is 1. The van der Waals surface area contributed by atoms with Gasteiger partial charge in [0.2, 0.25) is 70.9 Å². The van der Waals surface area contributed by atoms with Crippen molar-refractivity contribution in [1.29, 1.82) is 0 Å². The SMILES string of the molecule is Cc1ccccc1NC(=O)Nc1ccc(CC(=O)N[C@@H](CCCNC(N)=O)C(=O)N[C@@H](CCC(=O)O)C(=O)N[C@@H](CO)C(=O)N[C@H](C(=O)NCCOCCOCCNC(=O)CCC(=O)NCCOCCOCCNC(=O)CCC(=O)N[C@H](CSC2CC(=O)N(CC3CCC(C(=O)CCCCC(C)(O)P(=O)(O)O)CC3)C2=O)C(N)=O)C(C)C)cc1. The molecule has 4 rings (SSSR count). The van der Waals surface area contributed by atoms with Crippen LogP contribution in [0, 0.1) is 24.7 Å². The van der Waals surface area contributed by atoms with Crippen LogP contribution >= 0.6 is 19.4 Å². The Morgan fingerprint density at radius 1 is 0.580 bits per heavy atom. The Kier molecular flexibility index (Phi) is 46.4. The van der Waals surface area contributed by atoms with Gasteiger partial charge in [-0.15, -0.1) is 11.8 Å². The molecule has 1 saturated heterocycles. The van der Waals surface area contributed by atoms with Crippen molar-refractivity contribution in [2.24, 2.45) is 29.2 Å². The summed E-state index contributed by atoms with van der Waals surface area (Å²) in [7, 11) is -4.71. The standard InChI is InChI=1S/C76H118N15O26PS/c1-47(2)67(90-71(105)56(45-92)88-70(104)55(22-27-66(100)101)87-69(103)54(12-9-29-83-74(78)108)85-64(98)42-49-16-20-52(21-17-49)84-75(109)89-53-11-6-5-10-48(53)3)72(106)82-33-37-117-41-40-116-35-31-80-61(95)24-23-60(94)79-30-34-114-38-39-115-36-32-81-62(96)25-26-63(97)86-57(68(77)102)46-119-59-43-65(99)91(73(59)107)44-50-14-18-51(19-15-50)58(93)13-7-8-28-76(4,110)118(111,112)113/h5-6,10-11,16-17,20-21,47,50-51,54-57,59,67,92,110H,7-9,12-15,18-19,22-46H2,1-4H3,(H2,77,102)(H,79,94)(H,80,95)(H,81,96)(H,82,106)(H,85,98)(H,86,97)(H,87,103)(H,88,104)(H,90,105)(H,100,101)(H3,78,83,108)(H2,84,89,109)(H2,111,112,113)/t50?,51?,54-,55-,56-,57+,59?,67-,76?/m0/s1. The first-order valence-electron chi connectivity index (χ1n) is 39.5. The molecule has 1 aliphatic carbocycles. The number of urea groups is 2. The number of nitrogens with one attached hydrogen (secondary N) is 12. The summed E-state index contributed by atoms with van der Waals surface area (Å²) in [6.07, 6.45) is 0.885. The smallest absolute Gasteiger partial charge is 0.356 e. The van der Waals surface area contributed by atoms with E-state index in [-0.39, 0.29) is 198 Å². The summed E-state index contributed by atoms with van der Waals surface area (Å²) in [5.74, 6) is -10.00. The normalized spacial score (nSPS) is 16.4. The van der Waals surface area contributed by atoms with Crippen LogP contribution in [0.5, 0.6) is 0 Å². The summed E-state index contributed by atoms with van der Waals surface area (Å²) in [5, 5.41) is 57.5. The minimum absolute atomic E-state index is 0.00738. The lowest BCUT2D eigenvalue weighted by Crippen LogP contribution is -2.60. The number of primary amides is 2. The summed E-state index contributed by atoms with van der Waals surface area (Å²) < 4.78 is 33.3. The fourth-order valence-electron chi connectivity index (χ4n) is 12.2. The van der Waals surface area contributed by atoms with Gasteiger partial charge >= 0.3 is 25.6 Å². The van der Waals surface area contributed by atoms with Crippen LogP contribution in [-0.4, -0.2) is 270 Å². The number of aliphatic hydroxyl groups excluding tert-OH is 1. The van der Waals surface area contributed by atoms with Gasteiger partial charge in [0.15, 0.2) is 5.34 Å². The molecule has 2 aromatic carbocycles. The second kappa shape index (κ2) is 54.4. The Bertz CT molecular complexity index is 3760. The maximum absolute atomic E-state index is 13.9. The van der Waals surface area contributed by atoms with Crippen molar-refractivity contribution in [1.82, 2.24) is 58.1 Å². The highest BCUT2D eigenvalue weighted by molar-refractivity contribution is 8.00. The highest BCUT2D eigenvalue weighted by Crippen LogP contribution is 2.51. The predicted molar refractivity (Wildman–Crippen MR) is 431 cm³/mol. The van der Waals surface area contributed by atoms with Crippen molar-refractivity contribution in [2.45, 2.75) is 184 Å². The van der Waals surface area contributed by atoms with E-state index in [1.54, 1.807) is 50.2 Å². The number of rotatable bonds is 59. The Balaban J connectivity index is 1.01. The lowest BCUT2D eigenvalue weighted by Gasteiger charge is -2.30. The number of carbonyl (C=O) groups excluding carboxylic acids is 15. The number of nitrogens with two attached hydrogens (primary N) is 2. The molecule has 41 nitrogen and oxygen atoms in total. The molecule has 1 saturated carbocycles. The minimum Gasteiger partial charge on any atom is -0.481 e. The molecule has 0 aromatic heterocycles. The molecule has 1 heterocycles. The number of ether oxygens (including phenoxy) is 4. The molecule has 2 fully saturated rings. The number of aryl methyl sites for hydroxylation is 1. The van der Waals surface area contributed by atoms with Crippen molar-refractivity contribution >= 4 is 125 Å². The molecule has 21 N–H and O–H groups in total. The zero-order chi connectivity index (χ0) is 88.0. The zero-order valence-corrected chi connectivity index (χ0v) is 69.3. The number of thioether (sulfide) groups is 1. The fraction of sp³-hybridized carbons (Fsp3) is 0.632. The number of aliphatic hydroxyl groups is 2. The minimum atomic E-state index is -4.71. The molecule has 0 bridgehead atoms. The molecule has 7 atom stereocenters. The number of aliphatic carboxylic acids is 1. The van der Waals surface area contributed by atoms with Crippen LogP contribution in [0.2, 0.25) is 0 Å². The van der Waals surface area contributed by atoms with E-state index in [2.05, 4.69) is 63.8 Å². The monoisotopic (exact) mass is 1720 g/mol. The fourth-order valence-corrected chi connectivity index (χ4v) is 13.8. The van der Waals surface area contributed by atoms with E-state index >= 15 is 0 Å². The number of amides is 16. The third-order valence-corrected chi connectivity index (χ3v) is 21.9. The number of anilines is 2. The summed E-state index contributed by atoms with van der Waals surface area (Å²) in [5.41, 5.74) is 13.1. The number of carboxylic acid groups (broad SMARTS) is 1. The van der Waals surface area contributed by atoms with E-state index in [0.29, 0.717) is 49.0 Å². The lowest BCUT2D eigenvalue weighted by atomic mass is 9.79. The van der Waals surface area contributed by atoms with Crippen LogP contribution < -0.4 is 75.3 Å². The molecule has 119 heavy (non-hydrogen) atoms. The predicted octanol–water partition coefficient (Wildman–Crippen LogP) is -1.17. The number of likely N-dealkylation sites (tertiary alicyclic amines) is 1. The van der Waals surface area contributed by atoms with E-state index in [1.807, 2.05) is 19.1 Å². The third-order valence-electron chi connectivity index (χ3n) is 19.1. The zero-order valence-electron chi connectivity index (χ0n) is 67.6. The molecule has 2 aliphatic rings. The summed E-state index contributed by atoms with van der Waals surface area (Å²) >= 11 is 1.02. The van der Waals surface area contributed by atoms with Gasteiger partial charge in [-0.25, -0.2) is 9.59 Å². The molecular weight excluding hydrogens is 1600 g/mol. The Hall–Kier alpha value is -9.78. The number of Topliss-reactive ketones (excluding diaryl/α,β-unsaturated/α-hetero) is 1. The lowest BCUT2D eigenvalue weighted by molar-refractivity contribution is -0.140. The van der Waals surface area contributed by atoms with E-state index in [4.69, 9.17) is 30.4 Å². The highest BCUT2D eigenvalue weighted by atomic mass is 32.2. The Morgan fingerprint density at radius 3 is 1.62 bits per heavy atom. The van der Waals surface area contributed by atoms with Crippen molar-refractivity contribution in [2.75, 3.05) is 115 Å². The first-order chi connectivity index (χ1) is 56.5. The van der Waals surface area contributed by atoms with E-state index in [0.717, 1.165) is 24.2 Å². The summed E-state index contributed by atoms with van der Waals surface area (Å²) in [6, 6.07) is 5.08. The number of carbonyl (C=O) groups is 16. The second-order valence-electron chi connectivity index (χ2n) is 29.1. The van der Waals surface area contributed by atoms with E-state index < -0.39 is 151 Å². The largest absolute Gasteiger partial charge is 0.481 e. The van der Waals surface area contributed by atoms with Crippen LogP contribution in [0.3, 0.4) is 0 Å². The topological polar surface area (TPSA) is 628 Å². The van der Waals surface area contributed by atoms with Crippen molar-refractivity contribution in [3.8, 4) is 0 Å². The van der Waals surface area contributed by atoms with Crippen LogP contribution in [0.25, 0.3) is 0 Å². The number of hydrogen-bond acceptors (Lipinski definition) is 24. The number of nitrogens with zero attached hydrogens (tertiary/aromatic N) is 1. The Morgan fingerprint density at radius 2 is 1.10 bits per heavy atom. The first-order valence-corrected chi connectivity index (χ1v) is 42.2. The van der Waals surface area contributed by atoms with Crippen LogP contribution in [0.1, 0.15) is 141 Å². The summed E-state index contributed by atoms with van der Waals surface area (Å²) in [4.78, 5) is 224. The number of imide groups is 1. The van der Waals surface area contributed by atoms with Gasteiger partial charge in [0.25, 0.3) is 0 Å². The van der Waals surface area contributed by atoms with Crippen molar-refractivity contribution in [3.05, 3.63) is 59.7 Å². The third kappa shape index (κ3) is 40.7. The number of carboxylic acids is 1. The van der Waals surface area contributed by atoms with Gasteiger partial charge in [-0.3, -0.25) is 76.6 Å². The maximum atomic E-state index is 13.9. The van der Waals surface area contributed by atoms with Crippen LogP contribution in [-0.2, 0) is 97.1 Å². The molecule has 2 unspecified atom stereocenters. The number of benzene rings is 2. The van der Waals surface area contributed by atoms with E-state index in [1.165, 1.54) is 4.90 Å². The number of ketones is 1. The van der Waals surface area contributed by atoms with Gasteiger partial charge in [0.05, 0.1) is 71.1 Å². The number of hydrogen-bond donors (Lipinski definition) is 19. The molecule has 16 amide bonds. The molecule has 2 aromatic rings. The molecular formula is C76H118N15O26PS. The van der Waals surface area contributed by atoms with Gasteiger partial charge in [-0.05, 0) is 119 Å².